The van der Waals surface area contributed by atoms with Crippen LogP contribution in [-0.2, 0) is 4.79 Å². The van der Waals surface area contributed by atoms with Crippen LogP contribution in [0.2, 0.25) is 0 Å². The van der Waals surface area contributed by atoms with Crippen molar-refractivity contribution < 1.29 is 14.1 Å². The van der Waals surface area contributed by atoms with E-state index in [0.717, 1.165) is 30.0 Å². The van der Waals surface area contributed by atoms with Gasteiger partial charge in [0.2, 0.25) is 6.04 Å². The number of carbonyl (C=O) groups excluding carboxylic acids is 1. The Morgan fingerprint density at radius 1 is 0.897 bits per heavy atom. The van der Waals surface area contributed by atoms with E-state index < -0.39 is 0 Å². The van der Waals surface area contributed by atoms with Gasteiger partial charge in [0.05, 0.1) is 0 Å². The molecule has 1 N–H and O–H groups in total. The fourth-order valence-corrected chi connectivity index (χ4v) is 3.35. The van der Waals surface area contributed by atoms with Crippen LogP contribution in [0.3, 0.4) is 0 Å². The highest BCUT2D eigenvalue weighted by molar-refractivity contribution is 5.92. The van der Waals surface area contributed by atoms with E-state index in [1.807, 2.05) is 78.5 Å². The standard InChI is InChI=1S/C25H28N2O2/c1-4-20(5-2)21-15-17-27(18-16-21)19(3)25(28)26-22-11-13-24(14-12-22)29-23-9-7-6-8-10-23/h6-20H,4-5H2,1-3H3/p+1/t19-/m1/s1. The number of benzene rings is 2. The van der Waals surface area contributed by atoms with E-state index >= 15 is 0 Å². The molecule has 4 heteroatoms. The molecule has 150 valence electrons. The van der Waals surface area contributed by atoms with Crippen LogP contribution in [-0.4, -0.2) is 5.91 Å². The molecule has 0 spiro atoms. The first kappa shape index (κ1) is 20.6. The second kappa shape index (κ2) is 9.87. The van der Waals surface area contributed by atoms with Gasteiger partial charge < -0.3 is 10.1 Å². The maximum atomic E-state index is 12.7. The Hall–Kier alpha value is -3.14. The van der Waals surface area contributed by atoms with Crippen molar-refractivity contribution in [2.24, 2.45) is 0 Å². The smallest absolute Gasteiger partial charge is 0.293 e. The van der Waals surface area contributed by atoms with Gasteiger partial charge in [-0.05, 0) is 60.7 Å². The molecule has 0 aliphatic rings. The number of ether oxygens (including phenoxy) is 1. The SMILES string of the molecule is CCC(CC)c1cc[n+]([C@H](C)C(=O)Nc2ccc(Oc3ccccc3)cc2)cc1. The maximum Gasteiger partial charge on any atom is 0.293 e. The quantitative estimate of drug-likeness (QED) is 0.490. The summed E-state index contributed by atoms with van der Waals surface area (Å²) in [6.45, 7) is 6.32. The van der Waals surface area contributed by atoms with E-state index in [2.05, 4.69) is 31.3 Å². The molecule has 0 radical (unpaired) electrons. The highest BCUT2D eigenvalue weighted by Crippen LogP contribution is 2.23. The molecule has 4 nitrogen and oxygen atoms in total. The topological polar surface area (TPSA) is 42.2 Å². The average molecular weight is 390 g/mol. The van der Waals surface area contributed by atoms with Crippen LogP contribution >= 0.6 is 0 Å². The predicted molar refractivity (Wildman–Crippen MR) is 116 cm³/mol. The first-order chi connectivity index (χ1) is 14.1. The molecule has 0 saturated carbocycles. The van der Waals surface area contributed by atoms with Crippen LogP contribution in [0, 0.1) is 0 Å². The Morgan fingerprint density at radius 2 is 1.48 bits per heavy atom. The van der Waals surface area contributed by atoms with E-state index in [-0.39, 0.29) is 11.9 Å². The molecule has 1 atom stereocenters. The highest BCUT2D eigenvalue weighted by atomic mass is 16.5. The minimum Gasteiger partial charge on any atom is -0.457 e. The molecule has 0 unspecified atom stereocenters. The summed E-state index contributed by atoms with van der Waals surface area (Å²) in [7, 11) is 0. The van der Waals surface area contributed by atoms with Gasteiger partial charge in [0.25, 0.3) is 5.91 Å². The molecule has 1 heterocycles. The molecule has 2 aromatic carbocycles. The molecular formula is C25H29N2O2+. The van der Waals surface area contributed by atoms with E-state index in [4.69, 9.17) is 4.74 Å². The zero-order valence-corrected chi connectivity index (χ0v) is 17.3. The Bertz CT molecular complexity index is 902. The summed E-state index contributed by atoms with van der Waals surface area (Å²) in [5.74, 6) is 2.03. The Balaban J connectivity index is 1.60. The normalized spacial score (nSPS) is 11.9. The lowest BCUT2D eigenvalue weighted by Gasteiger charge is -2.13. The number of amides is 1. The van der Waals surface area contributed by atoms with Gasteiger partial charge in [0.1, 0.15) is 11.5 Å². The van der Waals surface area contributed by atoms with Crippen LogP contribution in [0.25, 0.3) is 0 Å². The molecule has 0 fully saturated rings. The summed E-state index contributed by atoms with van der Waals surface area (Å²) in [5, 5.41) is 2.98. The Kier molecular flexibility index (Phi) is 7.01. The van der Waals surface area contributed by atoms with Crippen LogP contribution < -0.4 is 14.6 Å². The number of nitrogens with one attached hydrogen (secondary N) is 1. The Labute approximate surface area is 173 Å². The molecule has 3 rings (SSSR count). The van der Waals surface area contributed by atoms with E-state index in [0.29, 0.717) is 5.92 Å². The van der Waals surface area contributed by atoms with E-state index in [9.17, 15) is 4.79 Å². The molecule has 1 amide bonds. The minimum atomic E-state index is -0.300. The number of pyridine rings is 1. The number of hydrogen-bond acceptors (Lipinski definition) is 2. The number of para-hydroxylation sites is 1. The molecule has 0 aliphatic heterocycles. The minimum absolute atomic E-state index is 0.0537. The van der Waals surface area contributed by atoms with Crippen LogP contribution in [0.5, 0.6) is 11.5 Å². The molecule has 1 aromatic heterocycles. The number of carbonyl (C=O) groups is 1. The summed E-state index contributed by atoms with van der Waals surface area (Å²) in [6, 6.07) is 21.0. The fourth-order valence-electron chi connectivity index (χ4n) is 3.35. The van der Waals surface area contributed by atoms with E-state index in [1.165, 1.54) is 5.56 Å². The van der Waals surface area contributed by atoms with Crippen LogP contribution in [0.15, 0.2) is 79.1 Å². The summed E-state index contributed by atoms with van der Waals surface area (Å²) in [4.78, 5) is 12.7. The van der Waals surface area contributed by atoms with Crippen molar-refractivity contribution in [1.82, 2.24) is 0 Å². The third-order valence-corrected chi connectivity index (χ3v) is 5.26. The number of anilines is 1. The number of aromatic nitrogens is 1. The first-order valence-corrected chi connectivity index (χ1v) is 10.2. The third kappa shape index (κ3) is 5.44. The number of nitrogens with zero attached hydrogens (tertiary/aromatic N) is 1. The van der Waals surface area contributed by atoms with Crippen molar-refractivity contribution in [1.29, 1.82) is 0 Å². The summed E-state index contributed by atoms with van der Waals surface area (Å²) in [6.07, 6.45) is 6.24. The van der Waals surface area contributed by atoms with Crippen LogP contribution in [0.1, 0.15) is 51.1 Å². The fraction of sp³-hybridized carbons (Fsp3) is 0.280. The van der Waals surface area contributed by atoms with Crippen molar-refractivity contribution in [2.45, 2.75) is 45.6 Å². The first-order valence-electron chi connectivity index (χ1n) is 10.2. The van der Waals surface area contributed by atoms with Crippen LogP contribution in [0.4, 0.5) is 5.69 Å². The van der Waals surface area contributed by atoms with Gasteiger partial charge in [-0.25, -0.2) is 0 Å². The molecule has 3 aromatic rings. The van der Waals surface area contributed by atoms with Gasteiger partial charge in [-0.15, -0.1) is 0 Å². The second-order valence-corrected chi connectivity index (χ2v) is 7.20. The largest absolute Gasteiger partial charge is 0.457 e. The zero-order valence-electron chi connectivity index (χ0n) is 17.3. The van der Waals surface area contributed by atoms with Gasteiger partial charge in [-0.1, -0.05) is 32.0 Å². The Morgan fingerprint density at radius 3 is 2.07 bits per heavy atom. The van der Waals surface area contributed by atoms with Crippen molar-refractivity contribution in [3.05, 3.63) is 84.7 Å². The lowest BCUT2D eigenvalue weighted by molar-refractivity contribution is -0.705. The highest BCUT2D eigenvalue weighted by Gasteiger charge is 2.22. The monoisotopic (exact) mass is 389 g/mol. The maximum absolute atomic E-state index is 12.7. The van der Waals surface area contributed by atoms with E-state index in [1.54, 1.807) is 0 Å². The molecule has 29 heavy (non-hydrogen) atoms. The van der Waals surface area contributed by atoms with Crippen molar-refractivity contribution in [3.63, 3.8) is 0 Å². The van der Waals surface area contributed by atoms with Gasteiger partial charge >= 0.3 is 0 Å². The van der Waals surface area contributed by atoms with Crippen molar-refractivity contribution in [3.8, 4) is 11.5 Å². The van der Waals surface area contributed by atoms with Gasteiger partial charge in [0.15, 0.2) is 12.4 Å². The molecule has 0 aliphatic carbocycles. The van der Waals surface area contributed by atoms with Gasteiger partial charge in [-0.3, -0.25) is 4.79 Å². The number of hydrogen-bond donors (Lipinski definition) is 1. The molecular weight excluding hydrogens is 360 g/mol. The average Bonchev–Trinajstić information content (AvgIpc) is 2.76. The molecule has 0 bridgehead atoms. The third-order valence-electron chi connectivity index (χ3n) is 5.26. The molecule has 0 saturated heterocycles. The predicted octanol–water partition coefficient (Wildman–Crippen LogP) is 5.87. The summed E-state index contributed by atoms with van der Waals surface area (Å²) < 4.78 is 7.73. The van der Waals surface area contributed by atoms with Gasteiger partial charge in [0, 0.05) is 24.7 Å². The second-order valence-electron chi connectivity index (χ2n) is 7.20. The number of rotatable bonds is 8. The van der Waals surface area contributed by atoms with Crippen molar-refractivity contribution >= 4 is 11.6 Å². The lowest BCUT2D eigenvalue weighted by atomic mass is 9.95. The zero-order chi connectivity index (χ0) is 20.6. The summed E-state index contributed by atoms with van der Waals surface area (Å²) >= 11 is 0. The lowest BCUT2D eigenvalue weighted by Crippen LogP contribution is -2.44. The van der Waals surface area contributed by atoms with Gasteiger partial charge in [-0.2, -0.15) is 4.57 Å². The summed E-state index contributed by atoms with van der Waals surface area (Å²) in [5.41, 5.74) is 2.07. The van der Waals surface area contributed by atoms with Crippen molar-refractivity contribution in [2.75, 3.05) is 5.32 Å².